The van der Waals surface area contributed by atoms with Crippen LogP contribution in [-0.4, -0.2) is 45.0 Å². The van der Waals surface area contributed by atoms with Crippen LogP contribution in [0.25, 0.3) is 28.4 Å². The van der Waals surface area contributed by atoms with Crippen molar-refractivity contribution in [2.45, 2.75) is 18.7 Å². The molecule has 0 aliphatic rings. The first-order valence-electron chi connectivity index (χ1n) is 12.3. The average Bonchev–Trinajstić information content (AvgIpc) is 3.55. The molecule has 0 radical (unpaired) electrons. The summed E-state index contributed by atoms with van der Waals surface area (Å²) in [5, 5.41) is 30.1. The Morgan fingerprint density at radius 3 is 2.39 bits per heavy atom. The molecule has 0 aliphatic carbocycles. The van der Waals surface area contributed by atoms with E-state index in [1.54, 1.807) is 36.4 Å². The highest BCUT2D eigenvalue weighted by Gasteiger charge is 2.20. The van der Waals surface area contributed by atoms with E-state index < -0.39 is 10.9 Å². The first kappa shape index (κ1) is 27.5. The molecule has 12 heteroatoms. The van der Waals surface area contributed by atoms with E-state index in [4.69, 9.17) is 13.9 Å². The molecule has 0 aliphatic heterocycles. The third-order valence-electron chi connectivity index (χ3n) is 6.46. The number of carboxylic acids is 1. The summed E-state index contributed by atoms with van der Waals surface area (Å²) >= 11 is 0.848. The quantitative estimate of drug-likeness (QED) is 0.0890. The van der Waals surface area contributed by atoms with Crippen LogP contribution in [0.15, 0.2) is 81.3 Å². The van der Waals surface area contributed by atoms with Crippen LogP contribution in [0.3, 0.4) is 0 Å². The Balaban J connectivity index is 1.48. The molecule has 1 N–H and O–H groups in total. The van der Waals surface area contributed by atoms with E-state index in [0.717, 1.165) is 39.5 Å². The van der Waals surface area contributed by atoms with Crippen LogP contribution in [0, 0.1) is 17.0 Å². The standard InChI is InChI=1S/C29H24N4O7S/c1-17-24(23-6-4-5-7-25(23)32(17)16-18-8-10-20(11-9-18)33(36)37)15-26(28(34)35)41-29-31-30-27(40-29)19-12-21(38-2)14-22(13-19)39-3/h4-15H,16H2,1-3H3,(H,34,35)/b26-15-. The van der Waals surface area contributed by atoms with Gasteiger partial charge in [-0.3, -0.25) is 10.1 Å². The van der Waals surface area contributed by atoms with Crippen molar-refractivity contribution in [1.82, 2.24) is 14.8 Å². The van der Waals surface area contributed by atoms with E-state index in [0.29, 0.717) is 23.6 Å². The van der Waals surface area contributed by atoms with Crippen molar-refractivity contribution in [2.75, 3.05) is 14.2 Å². The summed E-state index contributed by atoms with van der Waals surface area (Å²) in [6, 6.07) is 19.2. The van der Waals surface area contributed by atoms with Gasteiger partial charge in [-0.2, -0.15) is 0 Å². The van der Waals surface area contributed by atoms with Crippen LogP contribution in [0.1, 0.15) is 16.8 Å². The van der Waals surface area contributed by atoms with E-state index in [1.807, 2.05) is 35.8 Å². The van der Waals surface area contributed by atoms with Crippen molar-refractivity contribution < 1.29 is 28.7 Å². The zero-order valence-electron chi connectivity index (χ0n) is 22.2. The summed E-state index contributed by atoms with van der Waals surface area (Å²) < 4.78 is 18.4. The third-order valence-corrected chi connectivity index (χ3v) is 7.31. The third kappa shape index (κ3) is 5.77. The lowest BCUT2D eigenvalue weighted by Crippen LogP contribution is -2.02. The summed E-state index contributed by atoms with van der Waals surface area (Å²) in [7, 11) is 3.06. The molecular weight excluding hydrogens is 548 g/mol. The Kier molecular flexibility index (Phi) is 7.74. The Bertz CT molecular complexity index is 1770. The largest absolute Gasteiger partial charge is 0.497 e. The number of nitro benzene ring substituents is 1. The number of ether oxygens (including phenoxy) is 2. The number of para-hydroxylation sites is 1. The molecule has 0 unspecified atom stereocenters. The van der Waals surface area contributed by atoms with Crippen LogP contribution in [0.2, 0.25) is 0 Å². The molecule has 3 aromatic carbocycles. The number of aromatic nitrogens is 3. The number of nitro groups is 1. The molecule has 2 heterocycles. The van der Waals surface area contributed by atoms with Gasteiger partial charge in [-0.1, -0.05) is 30.3 Å². The number of benzene rings is 3. The Morgan fingerprint density at radius 1 is 1.07 bits per heavy atom. The molecule has 0 bridgehead atoms. The number of thioether (sulfide) groups is 1. The number of fused-ring (bicyclic) bond motifs is 1. The average molecular weight is 573 g/mol. The van der Waals surface area contributed by atoms with Crippen molar-refractivity contribution in [2.24, 2.45) is 0 Å². The van der Waals surface area contributed by atoms with E-state index in [-0.39, 0.29) is 21.7 Å². The van der Waals surface area contributed by atoms with Gasteiger partial charge in [0.1, 0.15) is 16.4 Å². The highest BCUT2D eigenvalue weighted by molar-refractivity contribution is 8.03. The molecule has 5 rings (SSSR count). The van der Waals surface area contributed by atoms with Crippen molar-refractivity contribution in [3.63, 3.8) is 0 Å². The number of non-ortho nitro benzene ring substituents is 1. The molecule has 2 aromatic heterocycles. The second-order valence-corrected chi connectivity index (χ2v) is 9.91. The highest BCUT2D eigenvalue weighted by atomic mass is 32.2. The summed E-state index contributed by atoms with van der Waals surface area (Å²) in [5.74, 6) is 0.117. The van der Waals surface area contributed by atoms with Gasteiger partial charge in [0.2, 0.25) is 5.89 Å². The van der Waals surface area contributed by atoms with Crippen LogP contribution in [0.5, 0.6) is 11.5 Å². The SMILES string of the molecule is COc1cc(OC)cc(-c2nnc(S/C(=C\c3c(C)n(Cc4ccc([N+](=O)[O-])cc4)c4ccccc34)C(=O)O)o2)c1. The van der Waals surface area contributed by atoms with Gasteiger partial charge in [0.05, 0.1) is 19.1 Å². The minimum Gasteiger partial charge on any atom is -0.497 e. The molecule has 0 saturated carbocycles. The summed E-state index contributed by atoms with van der Waals surface area (Å²) in [5.41, 5.74) is 3.91. The van der Waals surface area contributed by atoms with Gasteiger partial charge in [0.25, 0.3) is 10.9 Å². The zero-order chi connectivity index (χ0) is 29.1. The minimum atomic E-state index is -1.15. The topological polar surface area (TPSA) is 143 Å². The van der Waals surface area contributed by atoms with E-state index >= 15 is 0 Å². The molecule has 41 heavy (non-hydrogen) atoms. The lowest BCUT2D eigenvalue weighted by molar-refractivity contribution is -0.384. The molecule has 0 fully saturated rings. The van der Waals surface area contributed by atoms with Gasteiger partial charge in [-0.25, -0.2) is 4.79 Å². The Labute approximate surface area is 238 Å². The van der Waals surface area contributed by atoms with Gasteiger partial charge in [0, 0.05) is 52.5 Å². The second-order valence-electron chi connectivity index (χ2n) is 8.92. The van der Waals surface area contributed by atoms with Gasteiger partial charge in [-0.05, 0) is 48.5 Å². The molecule has 208 valence electrons. The fraction of sp³-hybridized carbons (Fsp3) is 0.138. The summed E-state index contributed by atoms with van der Waals surface area (Å²) in [4.78, 5) is 22.9. The number of hydrogen-bond donors (Lipinski definition) is 1. The van der Waals surface area contributed by atoms with Gasteiger partial charge in [-0.15, -0.1) is 10.2 Å². The fourth-order valence-electron chi connectivity index (χ4n) is 4.41. The lowest BCUT2D eigenvalue weighted by atomic mass is 10.1. The van der Waals surface area contributed by atoms with Crippen molar-refractivity contribution in [3.8, 4) is 23.0 Å². The monoisotopic (exact) mass is 572 g/mol. The maximum absolute atomic E-state index is 12.3. The number of nitrogens with zero attached hydrogens (tertiary/aromatic N) is 4. The van der Waals surface area contributed by atoms with Crippen LogP contribution in [-0.2, 0) is 11.3 Å². The number of methoxy groups -OCH3 is 2. The van der Waals surface area contributed by atoms with Gasteiger partial charge < -0.3 is 23.6 Å². The van der Waals surface area contributed by atoms with Crippen LogP contribution >= 0.6 is 11.8 Å². The second kappa shape index (κ2) is 11.6. The summed E-state index contributed by atoms with van der Waals surface area (Å²) in [6.07, 6.45) is 1.59. The predicted molar refractivity (Wildman–Crippen MR) is 153 cm³/mol. The molecule has 0 amide bonds. The predicted octanol–water partition coefficient (Wildman–Crippen LogP) is 6.19. The highest BCUT2D eigenvalue weighted by Crippen LogP contribution is 2.35. The molecular formula is C29H24N4O7S. The van der Waals surface area contributed by atoms with Crippen LogP contribution in [0.4, 0.5) is 5.69 Å². The molecule has 0 atom stereocenters. The minimum absolute atomic E-state index is 0.00948. The molecule has 5 aromatic rings. The van der Waals surface area contributed by atoms with E-state index in [9.17, 15) is 20.0 Å². The van der Waals surface area contributed by atoms with Crippen molar-refractivity contribution >= 4 is 40.4 Å². The zero-order valence-corrected chi connectivity index (χ0v) is 23.0. The maximum Gasteiger partial charge on any atom is 0.342 e. The fourth-order valence-corrected chi connectivity index (χ4v) is 5.06. The summed E-state index contributed by atoms with van der Waals surface area (Å²) in [6.45, 7) is 2.35. The van der Waals surface area contributed by atoms with E-state index in [1.165, 1.54) is 26.4 Å². The Morgan fingerprint density at radius 2 is 1.76 bits per heavy atom. The van der Waals surface area contributed by atoms with Crippen molar-refractivity contribution in [1.29, 1.82) is 0 Å². The van der Waals surface area contributed by atoms with Crippen LogP contribution < -0.4 is 9.47 Å². The normalized spacial score (nSPS) is 11.5. The number of hydrogen-bond acceptors (Lipinski definition) is 9. The number of rotatable bonds is 10. The first-order chi connectivity index (χ1) is 19.8. The van der Waals surface area contributed by atoms with Crippen molar-refractivity contribution in [3.05, 3.63) is 98.6 Å². The van der Waals surface area contributed by atoms with Gasteiger partial charge >= 0.3 is 5.97 Å². The maximum atomic E-state index is 12.3. The molecule has 11 nitrogen and oxygen atoms in total. The smallest absolute Gasteiger partial charge is 0.342 e. The lowest BCUT2D eigenvalue weighted by Gasteiger charge is -2.09. The number of carbonyl (C=O) groups is 1. The van der Waals surface area contributed by atoms with E-state index in [2.05, 4.69) is 10.2 Å². The number of carboxylic acid groups (broad SMARTS) is 1. The van der Waals surface area contributed by atoms with Gasteiger partial charge in [0.15, 0.2) is 0 Å². The molecule has 0 saturated heterocycles. The first-order valence-corrected chi connectivity index (χ1v) is 13.1. The number of aliphatic carboxylic acids is 1. The molecule has 0 spiro atoms. The Hall–Kier alpha value is -5.10.